The highest BCUT2D eigenvalue weighted by molar-refractivity contribution is 5.24. The van der Waals surface area contributed by atoms with Crippen LogP contribution in [0, 0.1) is 6.92 Å². The smallest absolute Gasteiger partial charge is 0.0480 e. The second-order valence-corrected chi connectivity index (χ2v) is 6.13. The van der Waals surface area contributed by atoms with Gasteiger partial charge in [-0.1, -0.05) is 36.8 Å². The number of hydrogen-bond acceptors (Lipinski definition) is 3. The highest BCUT2D eigenvalue weighted by Gasteiger charge is 2.19. The monoisotopic (exact) mass is 290 g/mol. The first-order chi connectivity index (χ1) is 10.2. The summed E-state index contributed by atoms with van der Waals surface area (Å²) in [4.78, 5) is 2.51. The van der Waals surface area contributed by atoms with E-state index in [1.165, 1.54) is 24.0 Å². The Kier molecular flexibility index (Phi) is 6.68. The van der Waals surface area contributed by atoms with Crippen LogP contribution in [-0.2, 0) is 4.74 Å². The lowest BCUT2D eigenvalue weighted by atomic mass is 10.0. The van der Waals surface area contributed by atoms with Crippen LogP contribution in [-0.4, -0.2) is 44.3 Å². The molecule has 0 saturated carbocycles. The van der Waals surface area contributed by atoms with E-state index < -0.39 is 0 Å². The van der Waals surface area contributed by atoms with Crippen LogP contribution in [0.4, 0.5) is 0 Å². The van der Waals surface area contributed by atoms with Crippen molar-refractivity contribution in [3.8, 4) is 0 Å². The molecule has 0 bridgehead atoms. The second kappa shape index (κ2) is 8.52. The van der Waals surface area contributed by atoms with Gasteiger partial charge in [0.2, 0.25) is 0 Å². The van der Waals surface area contributed by atoms with Gasteiger partial charge < -0.3 is 15.0 Å². The van der Waals surface area contributed by atoms with E-state index in [1.807, 2.05) is 0 Å². The van der Waals surface area contributed by atoms with E-state index in [1.54, 1.807) is 0 Å². The number of benzene rings is 1. The zero-order valence-corrected chi connectivity index (χ0v) is 13.8. The van der Waals surface area contributed by atoms with Gasteiger partial charge in [0.15, 0.2) is 0 Å². The van der Waals surface area contributed by atoms with Gasteiger partial charge in [0.25, 0.3) is 0 Å². The molecular weight excluding hydrogens is 260 g/mol. The maximum Gasteiger partial charge on any atom is 0.0480 e. The van der Waals surface area contributed by atoms with Gasteiger partial charge in [-0.15, -0.1) is 0 Å². The predicted octanol–water partition coefficient (Wildman–Crippen LogP) is 3.15. The summed E-state index contributed by atoms with van der Waals surface area (Å²) in [5.74, 6) is 0. The minimum atomic E-state index is 0.456. The summed E-state index contributed by atoms with van der Waals surface area (Å²) in [6.07, 6.45) is 3.50. The standard InChI is InChI=1S/C18H30N2O/c1-4-19-18(16-7-5-15(2)6-8-16)9-12-20(3)17-10-13-21-14-11-17/h5-8,17-19H,4,9-14H2,1-3H3. The molecule has 1 aromatic rings. The molecule has 1 aliphatic rings. The van der Waals surface area contributed by atoms with Gasteiger partial charge in [-0.05, 0) is 51.9 Å². The Labute approximate surface area is 129 Å². The van der Waals surface area contributed by atoms with Crippen LogP contribution < -0.4 is 5.32 Å². The first-order valence-corrected chi connectivity index (χ1v) is 8.28. The molecule has 1 heterocycles. The Morgan fingerprint density at radius 1 is 1.24 bits per heavy atom. The summed E-state index contributed by atoms with van der Waals surface area (Å²) in [5.41, 5.74) is 2.73. The number of hydrogen-bond donors (Lipinski definition) is 1. The fourth-order valence-corrected chi connectivity index (χ4v) is 3.07. The van der Waals surface area contributed by atoms with Gasteiger partial charge in [-0.3, -0.25) is 0 Å². The van der Waals surface area contributed by atoms with Gasteiger partial charge >= 0.3 is 0 Å². The molecule has 118 valence electrons. The van der Waals surface area contributed by atoms with Crippen molar-refractivity contribution in [3.05, 3.63) is 35.4 Å². The van der Waals surface area contributed by atoms with Crippen molar-refractivity contribution in [2.75, 3.05) is 33.4 Å². The fourth-order valence-electron chi connectivity index (χ4n) is 3.07. The highest BCUT2D eigenvalue weighted by Crippen LogP contribution is 2.20. The van der Waals surface area contributed by atoms with E-state index in [2.05, 4.69) is 55.4 Å². The Hall–Kier alpha value is -0.900. The maximum absolute atomic E-state index is 5.46. The number of nitrogens with zero attached hydrogens (tertiary/aromatic N) is 1. The quantitative estimate of drug-likeness (QED) is 0.835. The Morgan fingerprint density at radius 3 is 2.52 bits per heavy atom. The van der Waals surface area contributed by atoms with Crippen molar-refractivity contribution in [2.45, 2.75) is 45.2 Å². The lowest BCUT2D eigenvalue weighted by Crippen LogP contribution is -2.38. The molecule has 0 aromatic heterocycles. The summed E-state index contributed by atoms with van der Waals surface area (Å²) >= 11 is 0. The average Bonchev–Trinajstić information content (AvgIpc) is 2.53. The number of nitrogens with one attached hydrogen (secondary N) is 1. The van der Waals surface area contributed by atoms with Crippen LogP contribution in [0.3, 0.4) is 0 Å². The molecule has 1 fully saturated rings. The van der Waals surface area contributed by atoms with Crippen LogP contribution in [0.15, 0.2) is 24.3 Å². The Morgan fingerprint density at radius 2 is 1.90 bits per heavy atom. The van der Waals surface area contributed by atoms with Crippen LogP contribution in [0.25, 0.3) is 0 Å². The minimum absolute atomic E-state index is 0.456. The maximum atomic E-state index is 5.46. The summed E-state index contributed by atoms with van der Waals surface area (Å²) in [6.45, 7) is 8.32. The summed E-state index contributed by atoms with van der Waals surface area (Å²) in [6, 6.07) is 10.1. The summed E-state index contributed by atoms with van der Waals surface area (Å²) in [7, 11) is 2.26. The molecule has 0 spiro atoms. The zero-order chi connectivity index (χ0) is 15.1. The topological polar surface area (TPSA) is 24.5 Å². The van der Waals surface area contributed by atoms with Gasteiger partial charge in [0, 0.05) is 25.3 Å². The molecule has 2 rings (SSSR count). The number of aryl methyl sites for hydroxylation is 1. The van der Waals surface area contributed by atoms with Crippen LogP contribution in [0.1, 0.15) is 43.4 Å². The van der Waals surface area contributed by atoms with Gasteiger partial charge in [-0.2, -0.15) is 0 Å². The summed E-state index contributed by atoms with van der Waals surface area (Å²) in [5, 5.41) is 3.63. The van der Waals surface area contributed by atoms with Crippen LogP contribution >= 0.6 is 0 Å². The van der Waals surface area contributed by atoms with Crippen molar-refractivity contribution in [1.29, 1.82) is 0 Å². The van der Waals surface area contributed by atoms with E-state index in [0.717, 1.165) is 32.7 Å². The lowest BCUT2D eigenvalue weighted by molar-refractivity contribution is 0.0419. The molecular formula is C18H30N2O. The third kappa shape index (κ3) is 5.10. The molecule has 3 heteroatoms. The van der Waals surface area contributed by atoms with E-state index in [9.17, 15) is 0 Å². The molecule has 0 aliphatic carbocycles. The van der Waals surface area contributed by atoms with Crippen LogP contribution in [0.2, 0.25) is 0 Å². The summed E-state index contributed by atoms with van der Waals surface area (Å²) < 4.78 is 5.46. The third-order valence-corrected chi connectivity index (χ3v) is 4.51. The van der Waals surface area contributed by atoms with E-state index in [4.69, 9.17) is 4.74 Å². The molecule has 1 N–H and O–H groups in total. The predicted molar refractivity (Wildman–Crippen MR) is 88.7 cm³/mol. The van der Waals surface area contributed by atoms with E-state index in [0.29, 0.717) is 12.1 Å². The fraction of sp³-hybridized carbons (Fsp3) is 0.667. The molecule has 0 amide bonds. The molecule has 1 saturated heterocycles. The molecule has 1 atom stereocenters. The number of ether oxygens (including phenoxy) is 1. The SMILES string of the molecule is CCNC(CCN(C)C1CCOCC1)c1ccc(C)cc1. The van der Waals surface area contributed by atoms with Crippen molar-refractivity contribution in [2.24, 2.45) is 0 Å². The third-order valence-electron chi connectivity index (χ3n) is 4.51. The molecule has 21 heavy (non-hydrogen) atoms. The molecule has 1 aromatic carbocycles. The number of rotatable bonds is 7. The Balaban J connectivity index is 1.88. The van der Waals surface area contributed by atoms with Gasteiger partial charge in [0.05, 0.1) is 0 Å². The lowest BCUT2D eigenvalue weighted by Gasteiger charge is -2.32. The largest absolute Gasteiger partial charge is 0.381 e. The van der Waals surface area contributed by atoms with Gasteiger partial charge in [-0.25, -0.2) is 0 Å². The van der Waals surface area contributed by atoms with E-state index in [-0.39, 0.29) is 0 Å². The minimum Gasteiger partial charge on any atom is -0.381 e. The van der Waals surface area contributed by atoms with Crippen molar-refractivity contribution >= 4 is 0 Å². The molecule has 3 nitrogen and oxygen atoms in total. The molecule has 0 radical (unpaired) electrons. The normalized spacial score (nSPS) is 18.1. The molecule has 1 aliphatic heterocycles. The van der Waals surface area contributed by atoms with Crippen molar-refractivity contribution in [1.82, 2.24) is 10.2 Å². The zero-order valence-electron chi connectivity index (χ0n) is 13.8. The Bertz CT molecular complexity index is 398. The van der Waals surface area contributed by atoms with Crippen molar-refractivity contribution < 1.29 is 4.74 Å². The van der Waals surface area contributed by atoms with Crippen LogP contribution in [0.5, 0.6) is 0 Å². The van der Waals surface area contributed by atoms with E-state index >= 15 is 0 Å². The highest BCUT2D eigenvalue weighted by atomic mass is 16.5. The van der Waals surface area contributed by atoms with Gasteiger partial charge in [0.1, 0.15) is 0 Å². The van der Waals surface area contributed by atoms with Crippen molar-refractivity contribution in [3.63, 3.8) is 0 Å². The first kappa shape index (κ1) is 16.5. The first-order valence-electron chi connectivity index (χ1n) is 8.28. The average molecular weight is 290 g/mol. The second-order valence-electron chi connectivity index (χ2n) is 6.13. The molecule has 1 unspecified atom stereocenters.